The first-order chi connectivity index (χ1) is 58.5. The maximum atomic E-state index is 14.6. The van der Waals surface area contributed by atoms with Crippen molar-refractivity contribution < 1.29 is 133 Å². The predicted octanol–water partition coefficient (Wildman–Crippen LogP) is 20.0. The number of hydrogen-bond donors (Lipinski definition) is 0. The molecular weight excluding hydrogens is 1560 g/mol. The van der Waals surface area contributed by atoms with Gasteiger partial charge in [-0.1, -0.05) is 234 Å². The minimum Gasteiger partial charge on any atom is -0.466 e. The lowest BCUT2D eigenvalue weighted by Gasteiger charge is -2.17. The average molecular weight is 1700 g/mol. The molecule has 0 radical (unpaired) electrons. The quantitative estimate of drug-likeness (QED) is 0.0219. The molecule has 0 spiro atoms. The summed E-state index contributed by atoms with van der Waals surface area (Å²) in [5.41, 5.74) is -0.872. The summed E-state index contributed by atoms with van der Waals surface area (Å²) in [5.74, 6) is -17.9. The summed E-state index contributed by atoms with van der Waals surface area (Å²) in [4.78, 5) is 189. The maximum absolute atomic E-state index is 14.6. The molecule has 0 aliphatic rings. The fourth-order valence-electron chi connectivity index (χ4n) is 12.1. The van der Waals surface area contributed by atoms with Crippen molar-refractivity contribution in [1.29, 1.82) is 0 Å². The van der Waals surface area contributed by atoms with Gasteiger partial charge in [-0.3, -0.25) is 57.5 Å². The van der Waals surface area contributed by atoms with Crippen LogP contribution in [0.2, 0.25) is 0 Å². The van der Waals surface area contributed by atoms with Crippen LogP contribution in [-0.2, 0) is 86.0 Å². The number of esters is 14. The summed E-state index contributed by atoms with van der Waals surface area (Å²) in [6, 6.07) is 7.42. The normalized spacial score (nSPS) is 10.9. The van der Waals surface area contributed by atoms with E-state index in [1.807, 2.05) is 0 Å². The molecular formula is C93H136O28. The van der Waals surface area contributed by atoms with Gasteiger partial charge in [-0.05, 0) is 93.5 Å². The number of carbonyl (C=O) groups is 14. The Balaban J connectivity index is 2.13. The van der Waals surface area contributed by atoms with Gasteiger partial charge < -0.3 is 66.3 Å². The topological polar surface area (TPSA) is 368 Å². The Morgan fingerprint density at radius 2 is 0.405 bits per heavy atom. The van der Waals surface area contributed by atoms with Crippen LogP contribution in [0.5, 0.6) is 46.0 Å². The van der Waals surface area contributed by atoms with E-state index in [0.717, 1.165) is 217 Å². The van der Waals surface area contributed by atoms with E-state index < -0.39 is 206 Å². The van der Waals surface area contributed by atoms with Gasteiger partial charge in [0, 0.05) is 0 Å². The minimum atomic E-state index is -1.22. The van der Waals surface area contributed by atoms with Crippen molar-refractivity contribution in [3.63, 3.8) is 0 Å². The van der Waals surface area contributed by atoms with Crippen molar-refractivity contribution in [1.82, 2.24) is 0 Å². The standard InChI is InChI=1S/C93H136O28/c1-8-14-20-26-32-38-58-108-78(94)46-52-84(100)115-74-65-70(66-75(116-85(101)53-47-79(95)109-59-39-33-27-21-15-9-2)90(74)120-88(104)56-50-82(98)112-62-42-36-30-24-18-12-5)92(106)114-72-44-45-73(69(7)64-72)119-93(107)71-67-76(117-86(102)54-48-80(96)110-60-40-34-28-22-16-10-3)91(121-89(105)57-51-83(99)113-63-43-37-31-25-19-13-6)77(68-71)118-87(103)55-49-81(97)111-61-41-35-29-23-17-11-4/h44-45,64-68H,8-43,46-63H2,1-7H3. The van der Waals surface area contributed by atoms with E-state index in [1.54, 1.807) is 0 Å². The molecule has 0 unspecified atom stereocenters. The van der Waals surface area contributed by atoms with E-state index in [4.69, 9.17) is 66.3 Å². The molecule has 0 fully saturated rings. The van der Waals surface area contributed by atoms with Gasteiger partial charge in [0.25, 0.3) is 0 Å². The molecule has 676 valence electrons. The van der Waals surface area contributed by atoms with Crippen molar-refractivity contribution in [2.75, 3.05) is 39.6 Å². The lowest BCUT2D eigenvalue weighted by atomic mass is 10.1. The molecule has 0 aromatic heterocycles. The summed E-state index contributed by atoms with van der Waals surface area (Å²) < 4.78 is 78.1. The zero-order valence-corrected chi connectivity index (χ0v) is 73.2. The Morgan fingerprint density at radius 1 is 0.207 bits per heavy atom. The first-order valence-corrected chi connectivity index (χ1v) is 44.6. The highest BCUT2D eigenvalue weighted by atomic mass is 16.6. The highest BCUT2D eigenvalue weighted by Gasteiger charge is 2.30. The largest absolute Gasteiger partial charge is 0.466 e. The second-order valence-corrected chi connectivity index (χ2v) is 30.1. The summed E-state index contributed by atoms with van der Waals surface area (Å²) in [7, 11) is 0. The van der Waals surface area contributed by atoms with E-state index in [-0.39, 0.29) is 56.7 Å². The van der Waals surface area contributed by atoms with Crippen LogP contribution in [0, 0.1) is 6.92 Å². The smallest absolute Gasteiger partial charge is 0.343 e. The second-order valence-electron chi connectivity index (χ2n) is 30.1. The van der Waals surface area contributed by atoms with Gasteiger partial charge in [0.15, 0.2) is 23.0 Å². The van der Waals surface area contributed by atoms with Gasteiger partial charge in [-0.25, -0.2) is 9.59 Å². The van der Waals surface area contributed by atoms with E-state index in [9.17, 15) is 67.1 Å². The molecule has 3 aromatic rings. The fraction of sp³-hybridized carbons (Fsp3) is 0.656. The zero-order chi connectivity index (χ0) is 88.5. The molecule has 0 aliphatic carbocycles. The van der Waals surface area contributed by atoms with Crippen LogP contribution in [0.3, 0.4) is 0 Å². The number of unbranched alkanes of at least 4 members (excludes halogenated alkanes) is 30. The Kier molecular flexibility index (Phi) is 58.3. The lowest BCUT2D eigenvalue weighted by Crippen LogP contribution is -2.19. The summed E-state index contributed by atoms with van der Waals surface area (Å²) in [6.45, 7) is 14.7. The molecule has 0 saturated heterocycles. The van der Waals surface area contributed by atoms with Crippen molar-refractivity contribution >= 4 is 83.6 Å². The lowest BCUT2D eigenvalue weighted by molar-refractivity contribution is -0.148. The Labute approximate surface area is 715 Å². The highest BCUT2D eigenvalue weighted by molar-refractivity contribution is 5.96. The number of ether oxygens (including phenoxy) is 14. The molecule has 0 saturated carbocycles. The van der Waals surface area contributed by atoms with Gasteiger partial charge in [0.1, 0.15) is 11.5 Å². The second kappa shape index (κ2) is 66.9. The Hall–Kier alpha value is -9.76. The molecule has 0 atom stereocenters. The third-order valence-electron chi connectivity index (χ3n) is 19.2. The molecule has 28 heteroatoms. The van der Waals surface area contributed by atoms with E-state index in [1.165, 1.54) is 25.1 Å². The molecule has 3 rings (SSSR count). The summed E-state index contributed by atoms with van der Waals surface area (Å²) >= 11 is 0. The molecule has 0 heterocycles. The highest BCUT2D eigenvalue weighted by Crippen LogP contribution is 2.43. The summed E-state index contributed by atoms with van der Waals surface area (Å²) in [5, 5.41) is 0. The van der Waals surface area contributed by atoms with Crippen LogP contribution in [0.1, 0.15) is 376 Å². The van der Waals surface area contributed by atoms with Crippen LogP contribution in [0.15, 0.2) is 42.5 Å². The molecule has 3 aromatic carbocycles. The first-order valence-electron chi connectivity index (χ1n) is 44.6. The zero-order valence-electron chi connectivity index (χ0n) is 73.2. The van der Waals surface area contributed by atoms with Crippen LogP contribution >= 0.6 is 0 Å². The predicted molar refractivity (Wildman–Crippen MR) is 449 cm³/mol. The maximum Gasteiger partial charge on any atom is 0.343 e. The van der Waals surface area contributed by atoms with Crippen LogP contribution in [-0.4, -0.2) is 123 Å². The van der Waals surface area contributed by atoms with Gasteiger partial charge in [0.2, 0.25) is 11.5 Å². The van der Waals surface area contributed by atoms with Crippen LogP contribution in [0.4, 0.5) is 0 Å². The molecule has 0 amide bonds. The van der Waals surface area contributed by atoms with E-state index in [0.29, 0.717) is 38.5 Å². The van der Waals surface area contributed by atoms with Crippen molar-refractivity contribution in [2.24, 2.45) is 0 Å². The van der Waals surface area contributed by atoms with Crippen molar-refractivity contribution in [3.8, 4) is 46.0 Å². The Bertz CT molecular complexity index is 3490. The average Bonchev–Trinajstić information content (AvgIpc) is 0.803. The number of benzene rings is 3. The molecule has 0 N–H and O–H groups in total. The fourth-order valence-corrected chi connectivity index (χ4v) is 12.1. The van der Waals surface area contributed by atoms with Gasteiger partial charge in [0.05, 0.1) is 128 Å². The van der Waals surface area contributed by atoms with Crippen LogP contribution in [0.25, 0.3) is 0 Å². The van der Waals surface area contributed by atoms with Crippen molar-refractivity contribution in [2.45, 2.75) is 357 Å². The van der Waals surface area contributed by atoms with Gasteiger partial charge in [-0.2, -0.15) is 0 Å². The monoisotopic (exact) mass is 1700 g/mol. The first kappa shape index (κ1) is 105. The molecule has 0 bridgehead atoms. The Morgan fingerprint density at radius 3 is 0.628 bits per heavy atom. The van der Waals surface area contributed by atoms with Gasteiger partial charge >= 0.3 is 83.6 Å². The molecule has 0 aliphatic heterocycles. The van der Waals surface area contributed by atoms with E-state index >= 15 is 0 Å². The number of rotatable bonds is 70. The number of hydrogen-bond acceptors (Lipinski definition) is 28. The van der Waals surface area contributed by atoms with E-state index in [2.05, 4.69) is 41.5 Å². The number of carbonyl (C=O) groups excluding carboxylic acids is 14. The van der Waals surface area contributed by atoms with Crippen molar-refractivity contribution in [3.05, 3.63) is 59.2 Å². The van der Waals surface area contributed by atoms with Gasteiger partial charge in [-0.15, -0.1) is 0 Å². The molecule has 28 nitrogen and oxygen atoms in total. The third kappa shape index (κ3) is 50.9. The number of aryl methyl sites for hydroxylation is 1. The molecule has 121 heavy (non-hydrogen) atoms. The third-order valence-corrected chi connectivity index (χ3v) is 19.2. The minimum absolute atomic E-state index is 0.113. The van der Waals surface area contributed by atoms with Crippen LogP contribution < -0.4 is 37.9 Å². The SMILES string of the molecule is CCCCCCCCOC(=O)CCC(=O)Oc1cc(C(=O)Oc2ccc(OC(=O)c3cc(OC(=O)CCC(=O)OCCCCCCCC)c(OC(=O)CCC(=O)OCCCCCCCC)c(OC(=O)CCC(=O)OCCCCCCCC)c3)c(C)c2)cc(OC(=O)CCC(=O)OCCCCCCCC)c1OC(=O)CCC(=O)OCCCCCCCC. The summed E-state index contributed by atoms with van der Waals surface area (Å²) in [6.07, 6.45) is 27.2.